The van der Waals surface area contributed by atoms with E-state index < -0.39 is 0 Å². The molecule has 1 fully saturated rings. The molecule has 0 aliphatic carbocycles. The number of fused-ring (bicyclic) bond motifs is 3. The van der Waals surface area contributed by atoms with Crippen LogP contribution in [0.2, 0.25) is 5.02 Å². The summed E-state index contributed by atoms with van der Waals surface area (Å²) in [6.45, 7) is 1.28. The number of anilines is 2. The standard InChI is InChI=1S/C19H18ClN3O2/c20-14-4-1-3-12(9-14)11-21-18(24)13-6-7-16-15(10-13)22-19(25)17-5-2-8-23(16)17/h1,3-4,6-7,9-10,17H,2,5,8,11H2,(H,21,24)(H,22,25)/t17-/m1/s1. The lowest BCUT2D eigenvalue weighted by molar-refractivity contribution is -0.117. The third-order valence-corrected chi connectivity index (χ3v) is 4.96. The van der Waals surface area contributed by atoms with Gasteiger partial charge in [-0.2, -0.15) is 0 Å². The van der Waals surface area contributed by atoms with E-state index in [0.29, 0.717) is 22.8 Å². The molecule has 1 saturated heterocycles. The van der Waals surface area contributed by atoms with Crippen LogP contribution in [0, 0.1) is 0 Å². The minimum absolute atomic E-state index is 0.0153. The largest absolute Gasteiger partial charge is 0.358 e. The van der Waals surface area contributed by atoms with Crippen molar-refractivity contribution in [3.8, 4) is 0 Å². The Kier molecular flexibility index (Phi) is 4.09. The highest BCUT2D eigenvalue weighted by molar-refractivity contribution is 6.30. The number of nitrogens with zero attached hydrogens (tertiary/aromatic N) is 1. The molecule has 0 spiro atoms. The molecule has 2 aliphatic rings. The van der Waals surface area contributed by atoms with E-state index in [1.54, 1.807) is 18.2 Å². The van der Waals surface area contributed by atoms with Crippen LogP contribution in [0.1, 0.15) is 28.8 Å². The highest BCUT2D eigenvalue weighted by Gasteiger charge is 2.36. The molecule has 25 heavy (non-hydrogen) atoms. The first-order valence-electron chi connectivity index (χ1n) is 8.36. The molecule has 2 N–H and O–H groups in total. The highest BCUT2D eigenvalue weighted by atomic mass is 35.5. The Morgan fingerprint density at radius 3 is 3.00 bits per heavy atom. The highest BCUT2D eigenvalue weighted by Crippen LogP contribution is 2.37. The molecular weight excluding hydrogens is 338 g/mol. The summed E-state index contributed by atoms with van der Waals surface area (Å²) in [6.07, 6.45) is 1.90. The maximum absolute atomic E-state index is 12.4. The van der Waals surface area contributed by atoms with Gasteiger partial charge in [0.25, 0.3) is 5.91 Å². The van der Waals surface area contributed by atoms with E-state index in [9.17, 15) is 9.59 Å². The number of carbonyl (C=O) groups is 2. The van der Waals surface area contributed by atoms with Crippen LogP contribution in [0.15, 0.2) is 42.5 Å². The fourth-order valence-electron chi connectivity index (χ4n) is 3.50. The molecule has 2 aromatic carbocycles. The van der Waals surface area contributed by atoms with E-state index >= 15 is 0 Å². The van der Waals surface area contributed by atoms with Gasteiger partial charge in [-0.3, -0.25) is 9.59 Å². The number of carbonyl (C=O) groups excluding carboxylic acids is 2. The van der Waals surface area contributed by atoms with Crippen LogP contribution in [-0.4, -0.2) is 24.4 Å². The van der Waals surface area contributed by atoms with Gasteiger partial charge in [0.2, 0.25) is 5.91 Å². The molecule has 6 heteroatoms. The van der Waals surface area contributed by atoms with Crippen LogP contribution in [0.3, 0.4) is 0 Å². The smallest absolute Gasteiger partial charge is 0.251 e. The zero-order valence-electron chi connectivity index (χ0n) is 13.6. The summed E-state index contributed by atoms with van der Waals surface area (Å²) in [6, 6.07) is 12.8. The molecule has 5 nitrogen and oxygen atoms in total. The number of benzene rings is 2. The van der Waals surface area contributed by atoms with Crippen molar-refractivity contribution in [3.05, 3.63) is 58.6 Å². The van der Waals surface area contributed by atoms with E-state index in [2.05, 4.69) is 15.5 Å². The van der Waals surface area contributed by atoms with Crippen molar-refractivity contribution in [2.75, 3.05) is 16.8 Å². The molecule has 128 valence electrons. The number of amides is 2. The van der Waals surface area contributed by atoms with Crippen molar-refractivity contribution >= 4 is 34.8 Å². The molecule has 0 unspecified atom stereocenters. The Labute approximate surface area is 151 Å². The van der Waals surface area contributed by atoms with Crippen LogP contribution in [0.4, 0.5) is 11.4 Å². The molecule has 0 saturated carbocycles. The molecule has 0 radical (unpaired) electrons. The summed E-state index contributed by atoms with van der Waals surface area (Å²) < 4.78 is 0. The summed E-state index contributed by atoms with van der Waals surface area (Å²) in [4.78, 5) is 26.8. The van der Waals surface area contributed by atoms with Crippen LogP contribution in [0.25, 0.3) is 0 Å². The third kappa shape index (κ3) is 3.07. The second-order valence-corrected chi connectivity index (χ2v) is 6.82. The number of hydrogen-bond acceptors (Lipinski definition) is 3. The van der Waals surface area contributed by atoms with Gasteiger partial charge >= 0.3 is 0 Å². The molecule has 2 heterocycles. The lowest BCUT2D eigenvalue weighted by atomic mass is 10.1. The van der Waals surface area contributed by atoms with Crippen LogP contribution in [0.5, 0.6) is 0 Å². The third-order valence-electron chi connectivity index (χ3n) is 4.72. The van der Waals surface area contributed by atoms with Crippen molar-refractivity contribution < 1.29 is 9.59 Å². The van der Waals surface area contributed by atoms with E-state index in [0.717, 1.165) is 30.6 Å². The summed E-state index contributed by atoms with van der Waals surface area (Å²) in [5.74, 6) is -0.165. The Hall–Kier alpha value is -2.53. The van der Waals surface area contributed by atoms with Gasteiger partial charge in [0.05, 0.1) is 11.4 Å². The van der Waals surface area contributed by atoms with Gasteiger partial charge in [0.1, 0.15) is 6.04 Å². The van der Waals surface area contributed by atoms with Gasteiger partial charge in [0.15, 0.2) is 0 Å². The predicted octanol–water partition coefficient (Wildman–Crippen LogP) is 3.19. The van der Waals surface area contributed by atoms with Crippen molar-refractivity contribution in [3.63, 3.8) is 0 Å². The summed E-state index contributed by atoms with van der Waals surface area (Å²) in [5, 5.41) is 6.45. The molecule has 0 aromatic heterocycles. The van der Waals surface area contributed by atoms with Crippen LogP contribution >= 0.6 is 11.6 Å². The Balaban J connectivity index is 1.51. The van der Waals surface area contributed by atoms with E-state index in [1.807, 2.05) is 24.3 Å². The van der Waals surface area contributed by atoms with Crippen molar-refractivity contribution in [2.45, 2.75) is 25.4 Å². The molecule has 2 aliphatic heterocycles. The van der Waals surface area contributed by atoms with E-state index in [-0.39, 0.29) is 17.9 Å². The fraction of sp³-hybridized carbons (Fsp3) is 0.263. The van der Waals surface area contributed by atoms with Crippen LogP contribution in [-0.2, 0) is 11.3 Å². The molecular formula is C19H18ClN3O2. The minimum Gasteiger partial charge on any atom is -0.358 e. The van der Waals surface area contributed by atoms with Crippen molar-refractivity contribution in [1.29, 1.82) is 0 Å². The maximum atomic E-state index is 12.4. The fourth-order valence-corrected chi connectivity index (χ4v) is 3.72. The topological polar surface area (TPSA) is 61.4 Å². The zero-order valence-corrected chi connectivity index (χ0v) is 14.3. The lowest BCUT2D eigenvalue weighted by Gasteiger charge is -2.33. The molecule has 2 amide bonds. The van der Waals surface area contributed by atoms with E-state index in [4.69, 9.17) is 11.6 Å². The summed E-state index contributed by atoms with van der Waals surface area (Å²) in [7, 11) is 0. The maximum Gasteiger partial charge on any atom is 0.251 e. The molecule has 1 atom stereocenters. The normalized spacial score (nSPS) is 18.4. The van der Waals surface area contributed by atoms with Crippen molar-refractivity contribution in [2.24, 2.45) is 0 Å². The molecule has 2 aromatic rings. The zero-order chi connectivity index (χ0) is 17.4. The number of rotatable bonds is 3. The second-order valence-electron chi connectivity index (χ2n) is 6.39. The minimum atomic E-state index is -0.180. The lowest BCUT2D eigenvalue weighted by Crippen LogP contribution is -2.44. The summed E-state index contributed by atoms with van der Waals surface area (Å²) >= 11 is 5.96. The first-order valence-corrected chi connectivity index (χ1v) is 8.74. The molecule has 4 rings (SSSR count). The van der Waals surface area contributed by atoms with Crippen molar-refractivity contribution in [1.82, 2.24) is 5.32 Å². The van der Waals surface area contributed by atoms with E-state index in [1.165, 1.54) is 0 Å². The Morgan fingerprint density at radius 2 is 2.16 bits per heavy atom. The first-order chi connectivity index (χ1) is 12.1. The van der Waals surface area contributed by atoms with Gasteiger partial charge in [-0.25, -0.2) is 0 Å². The van der Waals surface area contributed by atoms with Gasteiger partial charge in [-0.1, -0.05) is 23.7 Å². The molecule has 0 bridgehead atoms. The number of halogens is 1. The van der Waals surface area contributed by atoms with Gasteiger partial charge < -0.3 is 15.5 Å². The second kappa shape index (κ2) is 6.41. The Morgan fingerprint density at radius 1 is 1.28 bits per heavy atom. The van der Waals surface area contributed by atoms with Gasteiger partial charge in [0, 0.05) is 23.7 Å². The number of hydrogen-bond donors (Lipinski definition) is 2. The average Bonchev–Trinajstić information content (AvgIpc) is 3.10. The van der Waals surface area contributed by atoms with Gasteiger partial charge in [-0.05, 0) is 48.7 Å². The Bertz CT molecular complexity index is 852. The predicted molar refractivity (Wildman–Crippen MR) is 98.1 cm³/mol. The first kappa shape index (κ1) is 16.0. The quantitative estimate of drug-likeness (QED) is 0.888. The van der Waals surface area contributed by atoms with Gasteiger partial charge in [-0.15, -0.1) is 0 Å². The van der Waals surface area contributed by atoms with Crippen LogP contribution < -0.4 is 15.5 Å². The average molecular weight is 356 g/mol. The monoisotopic (exact) mass is 355 g/mol. The SMILES string of the molecule is O=C(NCc1cccc(Cl)c1)c1ccc2c(c1)NC(=O)[C@H]1CCCN21. The summed E-state index contributed by atoms with van der Waals surface area (Å²) in [5.41, 5.74) is 3.16. The number of nitrogens with one attached hydrogen (secondary N) is 2.